The summed E-state index contributed by atoms with van der Waals surface area (Å²) in [4.78, 5) is 26.4. The SMILES string of the molecule is O=C(COc1cccc([N+](=O)[O-])c1)Nc1ccccc1OCCn1ccnc1. The van der Waals surface area contributed by atoms with E-state index >= 15 is 0 Å². The fraction of sp³-hybridized carbons (Fsp3) is 0.158. The van der Waals surface area contributed by atoms with E-state index in [0.29, 0.717) is 24.6 Å². The van der Waals surface area contributed by atoms with Gasteiger partial charge in [0.25, 0.3) is 11.6 Å². The van der Waals surface area contributed by atoms with Gasteiger partial charge in [0.15, 0.2) is 6.61 Å². The van der Waals surface area contributed by atoms with Crippen LogP contribution in [0.4, 0.5) is 11.4 Å². The van der Waals surface area contributed by atoms with Crippen LogP contribution in [0.5, 0.6) is 11.5 Å². The molecule has 0 atom stereocenters. The van der Waals surface area contributed by atoms with Crippen LogP contribution >= 0.6 is 0 Å². The van der Waals surface area contributed by atoms with E-state index in [1.165, 1.54) is 18.2 Å². The molecule has 0 saturated carbocycles. The number of para-hydroxylation sites is 2. The number of hydrogen-bond donors (Lipinski definition) is 1. The van der Waals surface area contributed by atoms with Crippen molar-refractivity contribution in [1.29, 1.82) is 0 Å². The van der Waals surface area contributed by atoms with Crippen LogP contribution in [0.2, 0.25) is 0 Å². The Kier molecular flexibility index (Phi) is 6.19. The Hall–Kier alpha value is -3.88. The van der Waals surface area contributed by atoms with E-state index in [4.69, 9.17) is 9.47 Å². The second kappa shape index (κ2) is 9.17. The third-order valence-electron chi connectivity index (χ3n) is 3.73. The third-order valence-corrected chi connectivity index (χ3v) is 3.73. The molecule has 0 aliphatic carbocycles. The summed E-state index contributed by atoms with van der Waals surface area (Å²) in [6.07, 6.45) is 5.22. The van der Waals surface area contributed by atoms with E-state index < -0.39 is 10.8 Å². The van der Waals surface area contributed by atoms with E-state index in [2.05, 4.69) is 10.3 Å². The van der Waals surface area contributed by atoms with Gasteiger partial charge < -0.3 is 19.4 Å². The molecule has 3 rings (SSSR count). The van der Waals surface area contributed by atoms with Gasteiger partial charge >= 0.3 is 0 Å². The van der Waals surface area contributed by atoms with Crippen molar-refractivity contribution in [2.24, 2.45) is 0 Å². The maximum Gasteiger partial charge on any atom is 0.273 e. The van der Waals surface area contributed by atoms with Crippen LogP contribution in [0.15, 0.2) is 67.3 Å². The number of carbonyl (C=O) groups excluding carboxylic acids is 1. The molecular formula is C19H18N4O5. The minimum Gasteiger partial charge on any atom is -0.490 e. The van der Waals surface area contributed by atoms with Gasteiger partial charge in [0, 0.05) is 18.5 Å². The normalized spacial score (nSPS) is 10.3. The Bertz CT molecular complexity index is 943. The first-order chi connectivity index (χ1) is 13.6. The first kappa shape index (κ1) is 18.9. The third kappa shape index (κ3) is 5.31. The highest BCUT2D eigenvalue weighted by atomic mass is 16.6. The number of nitrogens with one attached hydrogen (secondary N) is 1. The second-order valence-electron chi connectivity index (χ2n) is 5.74. The summed E-state index contributed by atoms with van der Waals surface area (Å²) < 4.78 is 13.0. The monoisotopic (exact) mass is 382 g/mol. The number of nitro benzene ring substituents is 1. The lowest BCUT2D eigenvalue weighted by Crippen LogP contribution is -2.20. The maximum absolute atomic E-state index is 12.2. The predicted molar refractivity (Wildman–Crippen MR) is 101 cm³/mol. The van der Waals surface area contributed by atoms with Gasteiger partial charge in [-0.05, 0) is 18.2 Å². The maximum atomic E-state index is 12.2. The number of nitro groups is 1. The molecule has 2 aromatic carbocycles. The number of aromatic nitrogens is 2. The number of ether oxygens (including phenoxy) is 2. The Morgan fingerprint density at radius 1 is 1.18 bits per heavy atom. The van der Waals surface area contributed by atoms with Crippen LogP contribution < -0.4 is 14.8 Å². The van der Waals surface area contributed by atoms with Crippen LogP contribution in [-0.4, -0.2) is 33.6 Å². The molecular weight excluding hydrogens is 364 g/mol. The van der Waals surface area contributed by atoms with Gasteiger partial charge in [0.1, 0.15) is 18.1 Å². The average molecular weight is 382 g/mol. The predicted octanol–water partition coefficient (Wildman–Crippen LogP) is 2.89. The number of benzene rings is 2. The Labute approximate surface area is 160 Å². The molecule has 3 aromatic rings. The summed E-state index contributed by atoms with van der Waals surface area (Å²) in [6.45, 7) is 0.746. The highest BCUT2D eigenvalue weighted by Crippen LogP contribution is 2.24. The molecule has 0 spiro atoms. The van der Waals surface area contributed by atoms with Crippen LogP contribution in [0.25, 0.3) is 0 Å². The van der Waals surface area contributed by atoms with E-state index in [0.717, 1.165) is 0 Å². The zero-order valence-electron chi connectivity index (χ0n) is 14.9. The zero-order chi connectivity index (χ0) is 19.8. The molecule has 0 radical (unpaired) electrons. The number of hydrogen-bond acceptors (Lipinski definition) is 6. The van der Waals surface area contributed by atoms with Crippen molar-refractivity contribution in [3.8, 4) is 11.5 Å². The number of anilines is 1. The topological polar surface area (TPSA) is 109 Å². The van der Waals surface area contributed by atoms with Crippen molar-refractivity contribution < 1.29 is 19.2 Å². The van der Waals surface area contributed by atoms with Gasteiger partial charge in [0.05, 0.1) is 29.5 Å². The largest absolute Gasteiger partial charge is 0.490 e. The molecule has 9 nitrogen and oxygen atoms in total. The molecule has 0 saturated heterocycles. The van der Waals surface area contributed by atoms with Gasteiger partial charge in [-0.1, -0.05) is 18.2 Å². The molecule has 1 aromatic heterocycles. The molecule has 28 heavy (non-hydrogen) atoms. The lowest BCUT2D eigenvalue weighted by molar-refractivity contribution is -0.384. The number of carbonyl (C=O) groups is 1. The second-order valence-corrected chi connectivity index (χ2v) is 5.74. The number of nitrogens with zero attached hydrogens (tertiary/aromatic N) is 3. The molecule has 9 heteroatoms. The molecule has 1 amide bonds. The molecule has 0 aliphatic rings. The standard InChI is InChI=1S/C19H18N4O5/c24-19(13-28-16-5-3-4-15(12-16)23(25)26)21-17-6-1-2-7-18(17)27-11-10-22-9-8-20-14-22/h1-9,12,14H,10-11,13H2,(H,21,24). The minimum atomic E-state index is -0.524. The lowest BCUT2D eigenvalue weighted by Gasteiger charge is -2.13. The Morgan fingerprint density at radius 2 is 2.04 bits per heavy atom. The van der Waals surface area contributed by atoms with Crippen molar-refractivity contribution in [3.63, 3.8) is 0 Å². The number of rotatable bonds is 9. The molecule has 0 aliphatic heterocycles. The van der Waals surface area contributed by atoms with Crippen LogP contribution in [0.1, 0.15) is 0 Å². The van der Waals surface area contributed by atoms with Gasteiger partial charge in [0.2, 0.25) is 0 Å². The van der Waals surface area contributed by atoms with Gasteiger partial charge in [-0.15, -0.1) is 0 Å². The Morgan fingerprint density at radius 3 is 2.82 bits per heavy atom. The molecule has 144 valence electrons. The van der Waals surface area contributed by atoms with Gasteiger partial charge in [-0.2, -0.15) is 0 Å². The molecule has 1 N–H and O–H groups in total. The highest BCUT2D eigenvalue weighted by Gasteiger charge is 2.10. The zero-order valence-corrected chi connectivity index (χ0v) is 14.9. The summed E-state index contributed by atoms with van der Waals surface area (Å²) in [5.74, 6) is 0.373. The van der Waals surface area contributed by atoms with Gasteiger partial charge in [-0.3, -0.25) is 14.9 Å². The summed E-state index contributed by atoms with van der Waals surface area (Å²) >= 11 is 0. The van der Waals surface area contributed by atoms with Crippen LogP contribution in [-0.2, 0) is 11.3 Å². The first-order valence-electron chi connectivity index (χ1n) is 8.46. The number of imidazole rings is 1. The molecule has 0 unspecified atom stereocenters. The fourth-order valence-corrected chi connectivity index (χ4v) is 2.40. The molecule has 0 fully saturated rings. The van der Waals surface area contributed by atoms with E-state index in [1.54, 1.807) is 36.8 Å². The van der Waals surface area contributed by atoms with E-state index in [9.17, 15) is 14.9 Å². The fourth-order valence-electron chi connectivity index (χ4n) is 2.40. The molecule has 0 bridgehead atoms. The summed E-state index contributed by atoms with van der Waals surface area (Å²) in [5, 5.41) is 13.5. The number of amides is 1. The smallest absolute Gasteiger partial charge is 0.273 e. The Balaban J connectivity index is 1.53. The van der Waals surface area contributed by atoms with Crippen LogP contribution in [0.3, 0.4) is 0 Å². The average Bonchev–Trinajstić information content (AvgIpc) is 3.21. The summed E-state index contributed by atoms with van der Waals surface area (Å²) in [5.41, 5.74) is 0.412. The van der Waals surface area contributed by atoms with Crippen molar-refractivity contribution in [1.82, 2.24) is 9.55 Å². The van der Waals surface area contributed by atoms with Crippen molar-refractivity contribution in [3.05, 3.63) is 77.4 Å². The summed E-state index contributed by atoms with van der Waals surface area (Å²) in [6, 6.07) is 12.7. The quantitative estimate of drug-likeness (QED) is 0.450. The summed E-state index contributed by atoms with van der Waals surface area (Å²) in [7, 11) is 0. The lowest BCUT2D eigenvalue weighted by atomic mass is 10.3. The minimum absolute atomic E-state index is 0.102. The van der Waals surface area contributed by atoms with Crippen molar-refractivity contribution in [2.75, 3.05) is 18.5 Å². The van der Waals surface area contributed by atoms with Crippen LogP contribution in [0, 0.1) is 10.1 Å². The van der Waals surface area contributed by atoms with E-state index in [1.807, 2.05) is 16.8 Å². The van der Waals surface area contributed by atoms with Crippen molar-refractivity contribution in [2.45, 2.75) is 6.54 Å². The first-order valence-corrected chi connectivity index (χ1v) is 8.46. The molecule has 1 heterocycles. The number of non-ortho nitro benzene ring substituents is 1. The van der Waals surface area contributed by atoms with Gasteiger partial charge in [-0.25, -0.2) is 4.98 Å². The van der Waals surface area contributed by atoms with Crippen molar-refractivity contribution >= 4 is 17.3 Å². The van der Waals surface area contributed by atoms with E-state index in [-0.39, 0.29) is 18.0 Å². The highest BCUT2D eigenvalue weighted by molar-refractivity contribution is 5.93.